The second-order valence-corrected chi connectivity index (χ2v) is 11.2. The highest BCUT2D eigenvalue weighted by molar-refractivity contribution is 7.99. The minimum absolute atomic E-state index is 0.0139. The molecule has 6 nitrogen and oxygen atoms in total. The maximum absolute atomic E-state index is 13.3. The zero-order valence-electron chi connectivity index (χ0n) is 18.3. The van der Waals surface area contributed by atoms with Crippen molar-refractivity contribution in [2.45, 2.75) is 62.9 Å². The zero-order valence-corrected chi connectivity index (χ0v) is 19.1. The van der Waals surface area contributed by atoms with E-state index in [-0.39, 0.29) is 11.8 Å². The molecule has 2 N–H and O–H groups in total. The molecular formula is C24H33N3O3S. The number of amides is 1. The molecule has 5 aliphatic rings. The molecule has 2 heterocycles. The van der Waals surface area contributed by atoms with Gasteiger partial charge in [-0.05, 0) is 86.5 Å². The molecule has 4 bridgehead atoms. The lowest BCUT2D eigenvalue weighted by atomic mass is 9.54. The first-order valence-corrected chi connectivity index (χ1v) is 12.9. The largest absolute Gasteiger partial charge is 0.481 e. The number of aliphatic carboxylic acids is 1. The van der Waals surface area contributed by atoms with Crippen molar-refractivity contribution in [3.63, 3.8) is 0 Å². The van der Waals surface area contributed by atoms with Crippen LogP contribution in [0.3, 0.4) is 0 Å². The van der Waals surface area contributed by atoms with Gasteiger partial charge in [0.2, 0.25) is 0 Å². The normalized spacial score (nSPS) is 33.6. The summed E-state index contributed by atoms with van der Waals surface area (Å²) in [5.74, 6) is 3.71. The monoisotopic (exact) mass is 443 g/mol. The van der Waals surface area contributed by atoms with Crippen LogP contribution < -0.4 is 10.2 Å². The van der Waals surface area contributed by atoms with E-state index in [1.54, 1.807) is 11.8 Å². The van der Waals surface area contributed by atoms with E-state index >= 15 is 0 Å². The van der Waals surface area contributed by atoms with E-state index in [1.807, 2.05) is 17.0 Å². The maximum atomic E-state index is 13.3. The van der Waals surface area contributed by atoms with E-state index < -0.39 is 5.97 Å². The van der Waals surface area contributed by atoms with E-state index in [9.17, 15) is 14.7 Å². The number of nitrogens with zero attached hydrogens (tertiary/aromatic N) is 2. The maximum Gasteiger partial charge on any atom is 0.308 e. The fourth-order valence-electron chi connectivity index (χ4n) is 6.65. The van der Waals surface area contributed by atoms with Gasteiger partial charge in [-0.2, -0.15) is 0 Å². The van der Waals surface area contributed by atoms with Gasteiger partial charge in [0.15, 0.2) is 0 Å². The SMILES string of the molecule is CCCSc1nc(N2CC[C@H](C(=O)O)C2)ccc1C(=O)NC1C2CC3CC(C2)CC1C3. The second-order valence-electron chi connectivity index (χ2n) is 10.1. The number of carbonyl (C=O) groups is 2. The highest BCUT2D eigenvalue weighted by Crippen LogP contribution is 2.53. The van der Waals surface area contributed by atoms with Crippen LogP contribution in [0, 0.1) is 29.6 Å². The van der Waals surface area contributed by atoms with Crippen molar-refractivity contribution in [2.75, 3.05) is 23.7 Å². The minimum atomic E-state index is -0.741. The molecule has 1 amide bonds. The molecule has 7 heteroatoms. The molecule has 1 aromatic rings. The Morgan fingerprint density at radius 3 is 2.48 bits per heavy atom. The summed E-state index contributed by atoms with van der Waals surface area (Å²) in [6.07, 6.45) is 8.20. The lowest BCUT2D eigenvalue weighted by Crippen LogP contribution is -2.55. The Morgan fingerprint density at radius 1 is 1.16 bits per heavy atom. The predicted molar refractivity (Wildman–Crippen MR) is 122 cm³/mol. The number of hydrogen-bond acceptors (Lipinski definition) is 5. The molecule has 0 spiro atoms. The summed E-state index contributed by atoms with van der Waals surface area (Å²) in [4.78, 5) is 31.5. The Morgan fingerprint density at radius 2 is 1.87 bits per heavy atom. The number of carboxylic acids is 1. The molecular weight excluding hydrogens is 410 g/mol. The van der Waals surface area contributed by atoms with Crippen LogP contribution in [0.5, 0.6) is 0 Å². The van der Waals surface area contributed by atoms with Gasteiger partial charge in [-0.3, -0.25) is 9.59 Å². The van der Waals surface area contributed by atoms with Crippen LogP contribution in [0.2, 0.25) is 0 Å². The first kappa shape index (κ1) is 21.1. The van der Waals surface area contributed by atoms with Gasteiger partial charge in [0.1, 0.15) is 10.8 Å². The van der Waals surface area contributed by atoms with Gasteiger partial charge in [0, 0.05) is 19.1 Å². The molecule has 4 saturated carbocycles. The van der Waals surface area contributed by atoms with E-state index in [0.29, 0.717) is 43.0 Å². The van der Waals surface area contributed by atoms with Gasteiger partial charge in [-0.25, -0.2) is 4.98 Å². The molecule has 0 unspecified atom stereocenters. The van der Waals surface area contributed by atoms with Crippen molar-refractivity contribution in [2.24, 2.45) is 29.6 Å². The topological polar surface area (TPSA) is 82.5 Å². The van der Waals surface area contributed by atoms with Gasteiger partial charge in [-0.15, -0.1) is 11.8 Å². The average molecular weight is 444 g/mol. The number of anilines is 1. The fourth-order valence-corrected chi connectivity index (χ4v) is 7.52. The molecule has 5 fully saturated rings. The average Bonchev–Trinajstić information content (AvgIpc) is 3.25. The first-order valence-electron chi connectivity index (χ1n) is 11.9. The number of pyridine rings is 1. The third-order valence-corrected chi connectivity index (χ3v) is 9.12. The quantitative estimate of drug-likeness (QED) is 0.619. The van der Waals surface area contributed by atoms with Crippen molar-refractivity contribution in [3.8, 4) is 0 Å². The van der Waals surface area contributed by atoms with Crippen molar-refractivity contribution in [3.05, 3.63) is 17.7 Å². The molecule has 6 rings (SSSR count). The highest BCUT2D eigenvalue weighted by atomic mass is 32.2. The summed E-state index contributed by atoms with van der Waals surface area (Å²) in [6, 6.07) is 4.12. The van der Waals surface area contributed by atoms with Crippen LogP contribution in [-0.2, 0) is 4.79 Å². The Balaban J connectivity index is 1.33. The lowest BCUT2D eigenvalue weighted by Gasteiger charge is -2.54. The molecule has 0 radical (unpaired) electrons. The van der Waals surface area contributed by atoms with E-state index in [2.05, 4.69) is 12.2 Å². The Bertz CT molecular complexity index is 832. The van der Waals surface area contributed by atoms with Crippen LogP contribution in [-0.4, -0.2) is 46.9 Å². The first-order chi connectivity index (χ1) is 15.0. The fraction of sp³-hybridized carbons (Fsp3) is 0.708. The van der Waals surface area contributed by atoms with Gasteiger partial charge in [0.05, 0.1) is 11.5 Å². The van der Waals surface area contributed by atoms with Crippen LogP contribution in [0.25, 0.3) is 0 Å². The van der Waals surface area contributed by atoms with E-state index in [4.69, 9.17) is 4.98 Å². The molecule has 0 aromatic carbocycles. The summed E-state index contributed by atoms with van der Waals surface area (Å²) in [7, 11) is 0. The number of nitrogens with one attached hydrogen (secondary N) is 1. The van der Waals surface area contributed by atoms with Crippen molar-refractivity contribution in [1.29, 1.82) is 0 Å². The number of carboxylic acid groups (broad SMARTS) is 1. The summed E-state index contributed by atoms with van der Waals surface area (Å²) in [5, 5.41) is 13.5. The predicted octanol–water partition coefficient (Wildman–Crippen LogP) is 4.05. The summed E-state index contributed by atoms with van der Waals surface area (Å²) in [5.41, 5.74) is 0.671. The third kappa shape index (κ3) is 4.18. The van der Waals surface area contributed by atoms with E-state index in [1.165, 1.54) is 32.1 Å². The number of carbonyl (C=O) groups excluding carboxylic acids is 1. The Hall–Kier alpha value is -1.76. The smallest absolute Gasteiger partial charge is 0.308 e. The van der Waals surface area contributed by atoms with E-state index in [0.717, 1.165) is 34.9 Å². The standard InChI is InChI=1S/C24H33N3O3S/c1-2-7-31-23-19(3-4-20(25-23)27-6-5-16(13-27)24(29)30)22(28)26-21-17-9-14-8-15(11-17)12-18(21)10-14/h3-4,14-18,21H,2,5-13H2,1H3,(H,26,28)(H,29,30)/t14?,15?,16-,17?,18?,21?/m0/s1. The molecule has 4 aliphatic carbocycles. The van der Waals surface area contributed by atoms with Crippen LogP contribution in [0.4, 0.5) is 5.82 Å². The third-order valence-electron chi connectivity index (χ3n) is 7.92. The molecule has 168 valence electrons. The molecule has 1 atom stereocenters. The number of rotatable bonds is 7. The van der Waals surface area contributed by atoms with Gasteiger partial charge >= 0.3 is 5.97 Å². The number of aromatic nitrogens is 1. The minimum Gasteiger partial charge on any atom is -0.481 e. The Kier molecular flexibility index (Phi) is 5.88. The van der Waals surface area contributed by atoms with Gasteiger partial charge < -0.3 is 15.3 Å². The van der Waals surface area contributed by atoms with Crippen LogP contribution in [0.1, 0.15) is 62.2 Å². The number of thioether (sulfide) groups is 1. The molecule has 1 aliphatic heterocycles. The lowest BCUT2D eigenvalue weighted by molar-refractivity contribution is -0.140. The van der Waals surface area contributed by atoms with Gasteiger partial charge in [0.25, 0.3) is 5.91 Å². The van der Waals surface area contributed by atoms with Crippen molar-refractivity contribution < 1.29 is 14.7 Å². The molecule has 1 saturated heterocycles. The van der Waals surface area contributed by atoms with Crippen LogP contribution >= 0.6 is 11.8 Å². The highest BCUT2D eigenvalue weighted by Gasteiger charge is 2.48. The summed E-state index contributed by atoms with van der Waals surface area (Å²) >= 11 is 1.63. The van der Waals surface area contributed by atoms with Gasteiger partial charge in [-0.1, -0.05) is 6.92 Å². The summed E-state index contributed by atoms with van der Waals surface area (Å²) < 4.78 is 0. The molecule has 31 heavy (non-hydrogen) atoms. The number of hydrogen-bond donors (Lipinski definition) is 2. The zero-order chi connectivity index (χ0) is 21.5. The van der Waals surface area contributed by atoms with Crippen LogP contribution in [0.15, 0.2) is 17.2 Å². The second kappa shape index (κ2) is 8.64. The molecule has 1 aromatic heterocycles. The Labute approximate surface area is 188 Å². The van der Waals surface area contributed by atoms with Crippen molar-refractivity contribution >= 4 is 29.5 Å². The summed E-state index contributed by atoms with van der Waals surface area (Å²) in [6.45, 7) is 3.31. The van der Waals surface area contributed by atoms with Crippen molar-refractivity contribution in [1.82, 2.24) is 10.3 Å².